The van der Waals surface area contributed by atoms with E-state index in [4.69, 9.17) is 0 Å². The Labute approximate surface area is 291 Å². The van der Waals surface area contributed by atoms with Crippen LogP contribution in [0.25, 0.3) is 0 Å². The zero-order chi connectivity index (χ0) is 33.0. The van der Waals surface area contributed by atoms with Crippen LogP contribution in [0.15, 0.2) is 72.8 Å². The molecule has 4 aliphatic rings. The first-order valence-electron chi connectivity index (χ1n) is 19.1. The second kappa shape index (κ2) is 13.0. The normalized spacial score (nSPS) is 21.6. The Morgan fingerprint density at radius 3 is 1.54 bits per heavy atom. The Morgan fingerprint density at radius 1 is 0.583 bits per heavy atom. The number of rotatable bonds is 6. The fraction of sp³-hybridized carbons (Fsp3) is 0.467. The van der Waals surface area contributed by atoms with Gasteiger partial charge in [-0.25, -0.2) is 0 Å². The minimum atomic E-state index is -2.63. The standard InChI is InChI=1S/C45H54OP2/c1-31-25-32(2)28-37(27-31)47(38-29-33(3)26-34(4)30-38)41-19-11-13-35-21-23-45(43(35)41)24-22-36-14-12-20-42(44(36)45)48(46,39-15-7-5-8-16-39)40-17-9-6-10-18-40/h11-14,19-20,25-30,39-40H,5-10,15-18,21-24H2,1-4H3/t45-/m1/s1. The van der Waals surface area contributed by atoms with Gasteiger partial charge in [0, 0.05) is 22.0 Å². The molecule has 0 N–H and O–H groups in total. The fourth-order valence-electron chi connectivity index (χ4n) is 10.8. The summed E-state index contributed by atoms with van der Waals surface area (Å²) in [7, 11) is -3.41. The fourth-order valence-corrected chi connectivity index (χ4v) is 18.5. The van der Waals surface area contributed by atoms with Gasteiger partial charge in [-0.2, -0.15) is 0 Å². The first kappa shape index (κ1) is 32.7. The van der Waals surface area contributed by atoms with Crippen molar-refractivity contribution in [1.29, 1.82) is 0 Å². The molecule has 0 heterocycles. The summed E-state index contributed by atoms with van der Waals surface area (Å²) in [4.78, 5) is 0. The lowest BCUT2D eigenvalue weighted by molar-refractivity contribution is 0.451. The third kappa shape index (κ3) is 5.51. The van der Waals surface area contributed by atoms with Crippen molar-refractivity contribution >= 4 is 36.3 Å². The molecule has 4 aromatic rings. The molecule has 0 radical (unpaired) electrons. The maximum Gasteiger partial charge on any atom is 0.121 e. The Kier molecular flexibility index (Phi) is 8.88. The average molecular weight is 673 g/mol. The molecule has 3 heteroatoms. The predicted molar refractivity (Wildman–Crippen MR) is 209 cm³/mol. The molecule has 8 rings (SSSR count). The van der Waals surface area contributed by atoms with Gasteiger partial charge in [0.05, 0.1) is 0 Å². The minimum absolute atomic E-state index is 0.0465. The second-order valence-corrected chi connectivity index (χ2v) is 21.6. The summed E-state index contributed by atoms with van der Waals surface area (Å²) in [6.07, 6.45) is 16.8. The van der Waals surface area contributed by atoms with Crippen LogP contribution >= 0.6 is 15.1 Å². The summed E-state index contributed by atoms with van der Waals surface area (Å²) < 4.78 is 16.4. The largest absolute Gasteiger partial charge is 0.318 e. The van der Waals surface area contributed by atoms with Gasteiger partial charge in [0.25, 0.3) is 0 Å². The SMILES string of the molecule is Cc1cc(C)cc(P(c2cc(C)cc(C)c2)c2cccc3c2[C@@]2(CC3)CCc3cccc(P(=O)(C4CCCCC4)C4CCCCC4)c32)c1. The Bertz CT molecular complexity index is 1770. The quantitative estimate of drug-likeness (QED) is 0.186. The van der Waals surface area contributed by atoms with E-state index in [0.29, 0.717) is 11.3 Å². The highest BCUT2D eigenvalue weighted by atomic mass is 31.2. The van der Waals surface area contributed by atoms with Crippen molar-refractivity contribution < 1.29 is 4.57 Å². The molecular formula is C45H54OP2. The number of aryl methyl sites for hydroxylation is 6. The monoisotopic (exact) mass is 672 g/mol. The first-order chi connectivity index (χ1) is 23.3. The van der Waals surface area contributed by atoms with Crippen molar-refractivity contribution in [2.24, 2.45) is 0 Å². The van der Waals surface area contributed by atoms with Gasteiger partial charge in [-0.05, 0) is 125 Å². The number of hydrogen-bond acceptors (Lipinski definition) is 1. The first-order valence-corrected chi connectivity index (χ1v) is 22.3. The highest BCUT2D eigenvalue weighted by Crippen LogP contribution is 2.65. The molecule has 48 heavy (non-hydrogen) atoms. The van der Waals surface area contributed by atoms with E-state index in [-0.39, 0.29) is 5.41 Å². The lowest BCUT2D eigenvalue weighted by atomic mass is 9.76. The highest BCUT2D eigenvalue weighted by molar-refractivity contribution is 7.80. The van der Waals surface area contributed by atoms with E-state index in [1.54, 1.807) is 16.4 Å². The van der Waals surface area contributed by atoms with Gasteiger partial charge in [0.1, 0.15) is 7.14 Å². The van der Waals surface area contributed by atoms with E-state index in [9.17, 15) is 0 Å². The molecule has 2 saturated carbocycles. The van der Waals surface area contributed by atoms with Crippen molar-refractivity contribution in [3.63, 3.8) is 0 Å². The van der Waals surface area contributed by atoms with Gasteiger partial charge in [-0.15, -0.1) is 0 Å². The van der Waals surface area contributed by atoms with Crippen molar-refractivity contribution in [2.45, 2.75) is 134 Å². The smallest absolute Gasteiger partial charge is 0.121 e. The Morgan fingerprint density at radius 2 is 1.04 bits per heavy atom. The molecule has 0 saturated heterocycles. The zero-order valence-corrected chi connectivity index (χ0v) is 31.6. The lowest BCUT2D eigenvalue weighted by Gasteiger charge is -2.41. The predicted octanol–water partition coefficient (Wildman–Crippen LogP) is 10.5. The van der Waals surface area contributed by atoms with E-state index in [0.717, 1.165) is 51.4 Å². The average Bonchev–Trinajstić information content (AvgIpc) is 3.66. The zero-order valence-electron chi connectivity index (χ0n) is 29.8. The molecule has 1 nitrogen and oxygen atoms in total. The molecule has 4 aliphatic carbocycles. The molecular weight excluding hydrogens is 618 g/mol. The maximum absolute atomic E-state index is 16.4. The molecule has 2 fully saturated rings. The molecule has 1 atom stereocenters. The van der Waals surface area contributed by atoms with Crippen LogP contribution < -0.4 is 21.2 Å². The Hall–Kier alpha value is -2.46. The van der Waals surface area contributed by atoms with Crippen molar-refractivity contribution in [3.8, 4) is 0 Å². The van der Waals surface area contributed by atoms with Gasteiger partial charge in [0.15, 0.2) is 0 Å². The van der Waals surface area contributed by atoms with Crippen LogP contribution in [-0.2, 0) is 22.8 Å². The summed E-state index contributed by atoms with van der Waals surface area (Å²) in [5.74, 6) is 0. The summed E-state index contributed by atoms with van der Waals surface area (Å²) in [6, 6.07) is 28.9. The van der Waals surface area contributed by atoms with E-state index >= 15 is 4.57 Å². The van der Waals surface area contributed by atoms with E-state index in [2.05, 4.69) is 100 Å². The molecule has 1 spiro atoms. The number of hydrogen-bond donors (Lipinski definition) is 0. The number of benzene rings is 4. The molecule has 0 bridgehead atoms. The third-order valence-corrected chi connectivity index (χ3v) is 19.4. The molecule has 0 aromatic heterocycles. The molecule has 0 unspecified atom stereocenters. The van der Waals surface area contributed by atoms with Crippen LogP contribution in [0.3, 0.4) is 0 Å². The highest BCUT2D eigenvalue weighted by Gasteiger charge is 2.52. The van der Waals surface area contributed by atoms with E-state index < -0.39 is 15.1 Å². The maximum atomic E-state index is 16.4. The van der Waals surface area contributed by atoms with Crippen molar-refractivity contribution in [1.82, 2.24) is 0 Å². The van der Waals surface area contributed by atoms with Gasteiger partial charge >= 0.3 is 0 Å². The molecule has 0 aliphatic heterocycles. The Balaban J connectivity index is 1.36. The molecule has 4 aromatic carbocycles. The lowest BCUT2D eigenvalue weighted by Crippen LogP contribution is -2.38. The summed E-state index contributed by atoms with van der Waals surface area (Å²) >= 11 is 0. The van der Waals surface area contributed by atoms with E-state index in [1.807, 2.05) is 0 Å². The number of fused-ring (bicyclic) bond motifs is 4. The van der Waals surface area contributed by atoms with Gasteiger partial charge < -0.3 is 4.57 Å². The van der Waals surface area contributed by atoms with Gasteiger partial charge in [0.2, 0.25) is 0 Å². The minimum Gasteiger partial charge on any atom is -0.318 e. The van der Waals surface area contributed by atoms with Crippen LogP contribution in [-0.4, -0.2) is 11.3 Å². The van der Waals surface area contributed by atoms with Gasteiger partial charge in [-0.3, -0.25) is 0 Å². The van der Waals surface area contributed by atoms with Crippen LogP contribution in [0.5, 0.6) is 0 Å². The molecule has 250 valence electrons. The topological polar surface area (TPSA) is 17.1 Å². The summed E-state index contributed by atoms with van der Waals surface area (Å²) in [5.41, 5.74) is 12.3. The van der Waals surface area contributed by atoms with Crippen molar-refractivity contribution in [3.05, 3.63) is 117 Å². The third-order valence-electron chi connectivity index (χ3n) is 12.6. The molecule has 0 amide bonds. The van der Waals surface area contributed by atoms with E-state index in [1.165, 1.54) is 87.8 Å². The van der Waals surface area contributed by atoms with Crippen LogP contribution in [0.2, 0.25) is 0 Å². The van der Waals surface area contributed by atoms with Crippen LogP contribution in [0, 0.1) is 27.7 Å². The van der Waals surface area contributed by atoms with Crippen LogP contribution in [0.4, 0.5) is 0 Å². The summed E-state index contributed by atoms with van der Waals surface area (Å²) in [6.45, 7) is 9.04. The second-order valence-electron chi connectivity index (χ2n) is 16.0. The van der Waals surface area contributed by atoms with Crippen molar-refractivity contribution in [2.75, 3.05) is 0 Å². The van der Waals surface area contributed by atoms with Gasteiger partial charge in [-0.1, -0.05) is 134 Å². The van der Waals surface area contributed by atoms with Crippen LogP contribution in [0.1, 0.15) is 122 Å². The summed E-state index contributed by atoms with van der Waals surface area (Å²) in [5, 5.41) is 5.80.